The Morgan fingerprint density at radius 3 is 0.968 bits per heavy atom. The first-order valence-electron chi connectivity index (χ1n) is 42.9. The average Bonchev–Trinajstić information content (AvgIpc) is 1.06. The molecule has 0 radical (unpaired) electrons. The quantitative estimate of drug-likeness (QED) is 0.143. The van der Waals surface area contributed by atoms with E-state index in [0.717, 1.165) is 68.4 Å². The molecule has 27 rings (SSSR count). The molecule has 0 atom stereocenters. The molecule has 3 aliphatic heterocycles. The summed E-state index contributed by atoms with van der Waals surface area (Å²) in [6.45, 7) is 0. The molecule has 0 saturated heterocycles. The van der Waals surface area contributed by atoms with Crippen molar-refractivity contribution in [2.75, 3.05) is 14.7 Å². The Labute approximate surface area is 727 Å². The van der Waals surface area contributed by atoms with Crippen LogP contribution in [0.2, 0.25) is 0 Å². The average molecular weight is 1610 g/mol. The second kappa shape index (κ2) is 29.4. The second-order valence-corrected chi connectivity index (χ2v) is 32.6. The molecular formula is C117H75N9. The van der Waals surface area contributed by atoms with Crippen molar-refractivity contribution in [2.45, 2.75) is 0 Å². The molecule has 0 N–H and O–H groups in total. The van der Waals surface area contributed by atoms with E-state index >= 15 is 0 Å². The highest BCUT2D eigenvalue weighted by molar-refractivity contribution is 6.19. The van der Waals surface area contributed by atoms with Crippen LogP contribution >= 0.6 is 0 Å². The van der Waals surface area contributed by atoms with Gasteiger partial charge in [0.2, 0.25) is 0 Å². The molecule has 9 heterocycles. The molecule has 126 heavy (non-hydrogen) atoms. The van der Waals surface area contributed by atoms with Crippen molar-refractivity contribution < 1.29 is 0 Å². The number of benzene rings is 18. The molecule has 6 aromatic heterocycles. The third kappa shape index (κ3) is 11.6. The number of fused-ring (bicyclic) bond motifs is 15. The molecule has 3 aliphatic rings. The predicted molar refractivity (Wildman–Crippen MR) is 526 cm³/mol. The Balaban J connectivity index is 0.000000103. The van der Waals surface area contributed by atoms with Gasteiger partial charge in [-0.15, -0.1) is 0 Å². The Morgan fingerprint density at radius 1 is 0.175 bits per heavy atom. The van der Waals surface area contributed by atoms with Crippen molar-refractivity contribution in [3.05, 3.63) is 455 Å². The number of para-hydroxylation sites is 7. The Hall–Kier alpha value is -17.0. The zero-order valence-electron chi connectivity index (χ0n) is 68.3. The number of pyridine rings is 3. The van der Waals surface area contributed by atoms with E-state index in [1.807, 2.05) is 30.9 Å². The van der Waals surface area contributed by atoms with Crippen molar-refractivity contribution >= 4 is 149 Å². The molecule has 0 unspecified atom stereocenters. The highest BCUT2D eigenvalue weighted by Crippen LogP contribution is 2.56. The Morgan fingerprint density at radius 2 is 0.508 bits per heavy atom. The van der Waals surface area contributed by atoms with Gasteiger partial charge in [0, 0.05) is 118 Å². The topological polar surface area (TPSA) is 63.2 Å². The normalized spacial score (nSPS) is 12.2. The highest BCUT2D eigenvalue weighted by atomic mass is 15.2. The van der Waals surface area contributed by atoms with Gasteiger partial charge in [-0.1, -0.05) is 261 Å². The van der Waals surface area contributed by atoms with Crippen LogP contribution in [-0.4, -0.2) is 28.7 Å². The Kier molecular flexibility index (Phi) is 16.8. The molecule has 0 saturated carbocycles. The molecule has 9 heteroatoms. The van der Waals surface area contributed by atoms with Crippen LogP contribution in [0.15, 0.2) is 455 Å². The molecule has 0 aliphatic carbocycles. The summed E-state index contributed by atoms with van der Waals surface area (Å²) < 4.78 is 7.12. The maximum Gasteiger partial charge on any atom is 0.146 e. The number of anilines is 9. The number of hydrogen-bond acceptors (Lipinski definition) is 6. The summed E-state index contributed by atoms with van der Waals surface area (Å²) in [5, 5.41) is 14.9. The monoisotopic (exact) mass is 1610 g/mol. The summed E-state index contributed by atoms with van der Waals surface area (Å²) in [6.07, 6.45) is 7.74. The summed E-state index contributed by atoms with van der Waals surface area (Å²) in [4.78, 5) is 21.6. The molecule has 0 amide bonds. The van der Waals surface area contributed by atoms with E-state index in [9.17, 15) is 0 Å². The second-order valence-electron chi connectivity index (χ2n) is 32.6. The molecule has 9 nitrogen and oxygen atoms in total. The van der Waals surface area contributed by atoms with E-state index in [1.54, 1.807) is 0 Å². The zero-order valence-corrected chi connectivity index (χ0v) is 68.3. The first kappa shape index (κ1) is 71.9. The standard InChI is InChI=1S/3C39H25N3/c1-2-11-26(12-3-1)28-23-27-21-22-40-39-38(27)34(24-28)33-17-6-9-20-37(33)42(39)30-14-10-13-29(25-30)41-35-18-7-4-15-31(35)32-16-5-8-19-36(32)41;1-2-11-26(12-3-1)28-23-27-13-8-21-37-38(27)34(24-28)33-18-10-22-40-39(33)42(37)30-15-9-14-29(25-30)41-35-19-6-4-16-31(35)32-17-5-7-20-36(32)41;1-2-10-26(11-3-1)28-22-27-12-8-19-37-39(27)34(23-28)33-20-21-40-25-38(33)42(37)30-14-9-13-29(24-30)41-35-17-6-4-15-31(35)32-16-5-7-18-36(32)41/h3*1-25H. The van der Waals surface area contributed by atoms with Gasteiger partial charge in [0.05, 0.1) is 62.0 Å². The fraction of sp³-hybridized carbons (Fsp3) is 0. The van der Waals surface area contributed by atoms with Gasteiger partial charge in [0.15, 0.2) is 0 Å². The summed E-state index contributed by atoms with van der Waals surface area (Å²) in [5.41, 5.74) is 32.9. The van der Waals surface area contributed by atoms with Crippen molar-refractivity contribution in [2.24, 2.45) is 0 Å². The lowest BCUT2D eigenvalue weighted by atomic mass is 9.88. The van der Waals surface area contributed by atoms with Gasteiger partial charge < -0.3 is 18.6 Å². The van der Waals surface area contributed by atoms with Crippen molar-refractivity contribution in [3.63, 3.8) is 0 Å². The summed E-state index contributed by atoms with van der Waals surface area (Å²) >= 11 is 0. The summed E-state index contributed by atoms with van der Waals surface area (Å²) in [6, 6.07) is 155. The summed E-state index contributed by atoms with van der Waals surface area (Å²) in [7, 11) is 0. The fourth-order valence-corrected chi connectivity index (χ4v) is 20.2. The van der Waals surface area contributed by atoms with Crippen molar-refractivity contribution in [1.29, 1.82) is 0 Å². The van der Waals surface area contributed by atoms with Crippen LogP contribution in [0.1, 0.15) is 0 Å². The number of nitrogens with zero attached hydrogens (tertiary/aromatic N) is 9. The van der Waals surface area contributed by atoms with Gasteiger partial charge in [-0.25, -0.2) is 9.97 Å². The van der Waals surface area contributed by atoms with Gasteiger partial charge in [-0.3, -0.25) is 14.8 Å². The minimum Gasteiger partial charge on any atom is -0.309 e. The van der Waals surface area contributed by atoms with Crippen LogP contribution in [0.3, 0.4) is 0 Å². The molecule has 18 aromatic carbocycles. The molecule has 0 bridgehead atoms. The molecule has 588 valence electrons. The van der Waals surface area contributed by atoms with Gasteiger partial charge in [0.1, 0.15) is 11.6 Å². The highest BCUT2D eigenvalue weighted by Gasteiger charge is 2.33. The van der Waals surface area contributed by atoms with Crippen molar-refractivity contribution in [1.82, 2.24) is 28.7 Å². The first-order chi connectivity index (χ1) is 62.5. The zero-order chi connectivity index (χ0) is 82.9. The van der Waals surface area contributed by atoms with Crippen LogP contribution in [0.5, 0.6) is 0 Å². The van der Waals surface area contributed by atoms with Gasteiger partial charge in [0.25, 0.3) is 0 Å². The van der Waals surface area contributed by atoms with Gasteiger partial charge >= 0.3 is 0 Å². The van der Waals surface area contributed by atoms with E-state index in [1.165, 1.54) is 165 Å². The van der Waals surface area contributed by atoms with Crippen LogP contribution in [0, 0.1) is 0 Å². The fourth-order valence-electron chi connectivity index (χ4n) is 20.2. The van der Waals surface area contributed by atoms with Crippen LogP contribution in [0.4, 0.5) is 51.4 Å². The molecule has 0 spiro atoms. The third-order valence-corrected chi connectivity index (χ3v) is 25.6. The van der Waals surface area contributed by atoms with E-state index < -0.39 is 0 Å². The lowest BCUT2D eigenvalue weighted by Gasteiger charge is -2.33. The summed E-state index contributed by atoms with van der Waals surface area (Å²) in [5.74, 6) is 1.90. The van der Waals surface area contributed by atoms with E-state index in [2.05, 4.69) is 458 Å². The Bertz CT molecular complexity index is 7570. The minimum atomic E-state index is 0.946. The lowest BCUT2D eigenvalue weighted by Crippen LogP contribution is -2.16. The molecule has 24 aromatic rings. The predicted octanol–water partition coefficient (Wildman–Crippen LogP) is 31.3. The van der Waals surface area contributed by atoms with Gasteiger partial charge in [-0.2, -0.15) is 0 Å². The van der Waals surface area contributed by atoms with E-state index in [4.69, 9.17) is 9.97 Å². The number of rotatable bonds is 9. The third-order valence-electron chi connectivity index (χ3n) is 25.6. The number of hydrogen-bond donors (Lipinski definition) is 0. The molecule has 0 fully saturated rings. The van der Waals surface area contributed by atoms with Crippen LogP contribution in [0.25, 0.3) is 182 Å². The smallest absolute Gasteiger partial charge is 0.146 e. The van der Waals surface area contributed by atoms with Gasteiger partial charge in [-0.05, 0) is 236 Å². The van der Waals surface area contributed by atoms with Crippen LogP contribution in [-0.2, 0) is 0 Å². The van der Waals surface area contributed by atoms with E-state index in [0.29, 0.717) is 0 Å². The maximum atomic E-state index is 5.01. The number of aromatic nitrogens is 6. The van der Waals surface area contributed by atoms with Crippen LogP contribution < -0.4 is 14.7 Å². The first-order valence-corrected chi connectivity index (χ1v) is 42.9. The van der Waals surface area contributed by atoms with Crippen molar-refractivity contribution in [3.8, 4) is 83.8 Å². The maximum absolute atomic E-state index is 5.01. The van der Waals surface area contributed by atoms with E-state index in [-0.39, 0.29) is 0 Å². The lowest BCUT2D eigenvalue weighted by molar-refractivity contribution is 1.15. The minimum absolute atomic E-state index is 0.946. The molecular weight excluding hydrogens is 1530 g/mol. The SMILES string of the molecule is c1ccc(-c2cc3c4c(cccc4c2)N(c2cccc(-n4c5ccccc5c5ccccc54)c2)c2cnccc2-3)cc1.c1ccc(-c2cc3c4c(cccc4c2)N(c2cccc(-n4c5ccccc5c5ccccc54)c2)c2ncccc2-3)cc1.c1ccc(-c2cc3c4c(nccc4c2)N(c2cccc(-n4c5ccccc5c5ccccc54)c2)c2ccccc2-3)cc1. The largest absolute Gasteiger partial charge is 0.309 e.